The van der Waals surface area contributed by atoms with E-state index in [1.807, 2.05) is 24.3 Å². The van der Waals surface area contributed by atoms with Gasteiger partial charge in [-0.25, -0.2) is 0 Å². The Labute approximate surface area is 131 Å². The van der Waals surface area contributed by atoms with Crippen molar-refractivity contribution in [3.05, 3.63) is 34.9 Å². The van der Waals surface area contributed by atoms with E-state index in [1.165, 1.54) is 25.5 Å². The molecule has 1 aliphatic heterocycles. The van der Waals surface area contributed by atoms with E-state index in [2.05, 4.69) is 4.90 Å². The molecule has 2 unspecified atom stereocenters. The summed E-state index contributed by atoms with van der Waals surface area (Å²) in [6.07, 6.45) is 4.12. The predicted octanol–water partition coefficient (Wildman–Crippen LogP) is 2.58. The molecule has 5 heteroatoms. The number of carbonyl (C=O) groups excluding carboxylic acids is 1. The Morgan fingerprint density at radius 2 is 2.14 bits per heavy atom. The van der Waals surface area contributed by atoms with Gasteiger partial charge in [0, 0.05) is 17.6 Å². The van der Waals surface area contributed by atoms with Gasteiger partial charge in [-0.05, 0) is 43.5 Å². The first-order chi connectivity index (χ1) is 10.1. The van der Waals surface area contributed by atoms with Crippen LogP contribution in [0.2, 0.25) is 5.02 Å². The summed E-state index contributed by atoms with van der Waals surface area (Å²) >= 11 is 5.92. The molecule has 0 aromatic heterocycles. The van der Waals surface area contributed by atoms with Gasteiger partial charge < -0.3 is 10.5 Å². The molecule has 0 radical (unpaired) electrons. The summed E-state index contributed by atoms with van der Waals surface area (Å²) in [7, 11) is 1.38. The van der Waals surface area contributed by atoms with Crippen molar-refractivity contribution in [2.45, 2.75) is 44.3 Å². The maximum absolute atomic E-state index is 11.5. The van der Waals surface area contributed by atoms with Gasteiger partial charge >= 0.3 is 5.97 Å². The summed E-state index contributed by atoms with van der Waals surface area (Å²) in [6, 6.07) is 7.73. The zero-order valence-corrected chi connectivity index (χ0v) is 13.2. The third kappa shape index (κ3) is 4.70. The average molecular weight is 311 g/mol. The molecule has 1 fully saturated rings. The van der Waals surface area contributed by atoms with E-state index < -0.39 is 6.04 Å². The number of nitrogens with zero attached hydrogens (tertiary/aromatic N) is 1. The molecule has 0 aliphatic carbocycles. The Hall–Kier alpha value is -1.10. The minimum Gasteiger partial charge on any atom is -0.468 e. The van der Waals surface area contributed by atoms with Crippen LogP contribution >= 0.6 is 11.6 Å². The van der Waals surface area contributed by atoms with Gasteiger partial charge in [-0.3, -0.25) is 9.69 Å². The summed E-state index contributed by atoms with van der Waals surface area (Å²) in [5, 5.41) is 0.752. The second-order valence-electron chi connectivity index (χ2n) is 5.61. The molecule has 0 saturated carbocycles. The number of hydrogen-bond donors (Lipinski definition) is 1. The summed E-state index contributed by atoms with van der Waals surface area (Å²) in [5.74, 6) is -0.327. The molecule has 116 valence electrons. The molecule has 1 saturated heterocycles. The first-order valence-electron chi connectivity index (χ1n) is 7.42. The number of rotatable bonds is 5. The number of nitrogens with two attached hydrogens (primary N) is 1. The lowest BCUT2D eigenvalue weighted by Crippen LogP contribution is -2.44. The van der Waals surface area contributed by atoms with Crippen LogP contribution < -0.4 is 5.73 Å². The van der Waals surface area contributed by atoms with E-state index in [-0.39, 0.29) is 5.97 Å². The maximum atomic E-state index is 11.5. The minimum absolute atomic E-state index is 0.327. The van der Waals surface area contributed by atoms with Crippen LogP contribution in [-0.4, -0.2) is 36.6 Å². The van der Waals surface area contributed by atoms with E-state index >= 15 is 0 Å². The standard InChI is InChI=1S/C16H23ClN2O2/c1-21-16(20)15(18)10-14-4-2-3-9-19(14)11-12-5-7-13(17)8-6-12/h5-8,14-15H,2-4,9-11,18H2,1H3. The fraction of sp³-hybridized carbons (Fsp3) is 0.562. The van der Waals surface area contributed by atoms with Gasteiger partial charge in [-0.2, -0.15) is 0 Å². The molecule has 1 aromatic rings. The van der Waals surface area contributed by atoms with Gasteiger partial charge in [0.05, 0.1) is 7.11 Å². The molecule has 0 bridgehead atoms. The largest absolute Gasteiger partial charge is 0.468 e. The fourth-order valence-electron chi connectivity index (χ4n) is 2.90. The number of ether oxygens (including phenoxy) is 1. The zero-order chi connectivity index (χ0) is 15.2. The summed E-state index contributed by atoms with van der Waals surface area (Å²) < 4.78 is 4.72. The predicted molar refractivity (Wildman–Crippen MR) is 84.1 cm³/mol. The van der Waals surface area contributed by atoms with Crippen LogP contribution in [0.1, 0.15) is 31.2 Å². The van der Waals surface area contributed by atoms with Crippen LogP contribution in [0, 0.1) is 0 Å². The normalized spacial score (nSPS) is 21.0. The van der Waals surface area contributed by atoms with Crippen LogP contribution in [0.15, 0.2) is 24.3 Å². The lowest BCUT2D eigenvalue weighted by atomic mass is 9.95. The Balaban J connectivity index is 1.98. The Kier molecular flexibility index (Phi) is 6.03. The lowest BCUT2D eigenvalue weighted by Gasteiger charge is -2.36. The summed E-state index contributed by atoms with van der Waals surface area (Å²) in [4.78, 5) is 13.9. The van der Waals surface area contributed by atoms with E-state index in [1.54, 1.807) is 0 Å². The number of halogens is 1. The van der Waals surface area contributed by atoms with Crippen molar-refractivity contribution >= 4 is 17.6 Å². The minimum atomic E-state index is -0.536. The van der Waals surface area contributed by atoms with Crippen LogP contribution in [-0.2, 0) is 16.1 Å². The number of methoxy groups -OCH3 is 1. The Morgan fingerprint density at radius 1 is 1.43 bits per heavy atom. The van der Waals surface area contributed by atoms with Gasteiger partial charge in [-0.15, -0.1) is 0 Å². The summed E-state index contributed by atoms with van der Waals surface area (Å²) in [5.41, 5.74) is 7.15. The van der Waals surface area contributed by atoms with Crippen LogP contribution in [0.25, 0.3) is 0 Å². The molecule has 1 aliphatic rings. The molecular weight excluding hydrogens is 288 g/mol. The van der Waals surface area contributed by atoms with Crippen molar-refractivity contribution in [1.29, 1.82) is 0 Å². The van der Waals surface area contributed by atoms with Crippen molar-refractivity contribution in [3.8, 4) is 0 Å². The molecule has 4 nitrogen and oxygen atoms in total. The molecule has 0 amide bonds. The topological polar surface area (TPSA) is 55.6 Å². The highest BCUT2D eigenvalue weighted by Crippen LogP contribution is 2.23. The molecule has 1 heterocycles. The number of esters is 1. The molecular formula is C16H23ClN2O2. The average Bonchev–Trinajstić information content (AvgIpc) is 2.50. The van der Waals surface area contributed by atoms with Gasteiger partial charge in [0.1, 0.15) is 6.04 Å². The van der Waals surface area contributed by atoms with Crippen LogP contribution in [0.3, 0.4) is 0 Å². The van der Waals surface area contributed by atoms with Crippen molar-refractivity contribution in [2.75, 3.05) is 13.7 Å². The third-order valence-electron chi connectivity index (χ3n) is 4.08. The van der Waals surface area contributed by atoms with Crippen LogP contribution in [0.4, 0.5) is 0 Å². The Morgan fingerprint density at radius 3 is 2.81 bits per heavy atom. The monoisotopic (exact) mass is 310 g/mol. The van der Waals surface area contributed by atoms with Crippen molar-refractivity contribution in [2.24, 2.45) is 5.73 Å². The van der Waals surface area contributed by atoms with E-state index in [4.69, 9.17) is 22.1 Å². The zero-order valence-electron chi connectivity index (χ0n) is 12.4. The van der Waals surface area contributed by atoms with Gasteiger partial charge in [0.2, 0.25) is 0 Å². The number of carbonyl (C=O) groups is 1. The second-order valence-corrected chi connectivity index (χ2v) is 6.05. The number of hydrogen-bond acceptors (Lipinski definition) is 4. The summed E-state index contributed by atoms with van der Waals surface area (Å²) in [6.45, 7) is 1.91. The molecule has 21 heavy (non-hydrogen) atoms. The van der Waals surface area contributed by atoms with E-state index in [9.17, 15) is 4.79 Å². The number of likely N-dealkylation sites (tertiary alicyclic amines) is 1. The number of benzene rings is 1. The highest BCUT2D eigenvalue weighted by Gasteiger charge is 2.27. The van der Waals surface area contributed by atoms with E-state index in [0.29, 0.717) is 12.5 Å². The first kappa shape index (κ1) is 16.3. The highest BCUT2D eigenvalue weighted by atomic mass is 35.5. The molecule has 2 N–H and O–H groups in total. The van der Waals surface area contributed by atoms with Crippen molar-refractivity contribution < 1.29 is 9.53 Å². The SMILES string of the molecule is COC(=O)C(N)CC1CCCCN1Cc1ccc(Cl)cc1. The molecule has 2 atom stereocenters. The quantitative estimate of drug-likeness (QED) is 0.849. The smallest absolute Gasteiger partial charge is 0.322 e. The van der Waals surface area contributed by atoms with Gasteiger partial charge in [-0.1, -0.05) is 30.2 Å². The highest BCUT2D eigenvalue weighted by molar-refractivity contribution is 6.30. The van der Waals surface area contributed by atoms with Crippen LogP contribution in [0.5, 0.6) is 0 Å². The van der Waals surface area contributed by atoms with Gasteiger partial charge in [0.25, 0.3) is 0 Å². The lowest BCUT2D eigenvalue weighted by molar-refractivity contribution is -0.142. The van der Waals surface area contributed by atoms with Crippen molar-refractivity contribution in [1.82, 2.24) is 4.90 Å². The fourth-order valence-corrected chi connectivity index (χ4v) is 3.03. The molecule has 0 spiro atoms. The maximum Gasteiger partial charge on any atom is 0.322 e. The molecule has 2 rings (SSSR count). The Bertz CT molecular complexity index is 464. The second kappa shape index (κ2) is 7.78. The van der Waals surface area contributed by atoms with E-state index in [0.717, 1.165) is 24.5 Å². The first-order valence-corrected chi connectivity index (χ1v) is 7.80. The van der Waals surface area contributed by atoms with Gasteiger partial charge in [0.15, 0.2) is 0 Å². The number of piperidine rings is 1. The van der Waals surface area contributed by atoms with Crippen molar-refractivity contribution in [3.63, 3.8) is 0 Å². The molecule has 1 aromatic carbocycles. The third-order valence-corrected chi connectivity index (χ3v) is 4.33.